The highest BCUT2D eigenvalue weighted by Gasteiger charge is 2.24. The fourth-order valence-corrected chi connectivity index (χ4v) is 5.04. The number of nitrogens with zero attached hydrogens (tertiary/aromatic N) is 1. The minimum atomic E-state index is 0.153. The summed E-state index contributed by atoms with van der Waals surface area (Å²) in [4.78, 5) is 17.2. The third-order valence-electron chi connectivity index (χ3n) is 5.20. The molecule has 1 amide bonds. The summed E-state index contributed by atoms with van der Waals surface area (Å²) >= 11 is 1.70. The predicted octanol–water partition coefficient (Wildman–Crippen LogP) is 4.31. The van der Waals surface area contributed by atoms with Crippen molar-refractivity contribution < 1.29 is 9.90 Å². The van der Waals surface area contributed by atoms with E-state index in [0.717, 1.165) is 36.2 Å². The number of hydrogen-bond donors (Lipinski definition) is 1. The number of aryl methyl sites for hydroxylation is 2. The summed E-state index contributed by atoms with van der Waals surface area (Å²) in [5.74, 6) is 0.433. The molecule has 1 aromatic heterocycles. The lowest BCUT2D eigenvalue weighted by Crippen LogP contribution is -2.35. The van der Waals surface area contributed by atoms with Crippen molar-refractivity contribution in [3.8, 4) is 5.75 Å². The van der Waals surface area contributed by atoms with E-state index in [1.165, 1.54) is 41.7 Å². The van der Waals surface area contributed by atoms with E-state index in [1.54, 1.807) is 23.5 Å². The topological polar surface area (TPSA) is 40.5 Å². The Hall–Kier alpha value is -1.81. The molecule has 0 unspecified atom stereocenters. The van der Waals surface area contributed by atoms with Crippen molar-refractivity contribution in [2.45, 2.75) is 51.5 Å². The van der Waals surface area contributed by atoms with Crippen molar-refractivity contribution in [1.82, 2.24) is 4.90 Å². The Morgan fingerprint density at radius 1 is 0.958 bits per heavy atom. The standard InChI is InChI=1S/C20H23NO2S/c22-17-8-7-14-9-10-21(13-16(14)11-17)20(23)19-12-15-5-3-1-2-4-6-18(15)24-19/h7-8,11-12,22H,1-6,9-10,13H2. The summed E-state index contributed by atoms with van der Waals surface area (Å²) in [6.07, 6.45) is 8.23. The number of phenolic OH excluding ortho intramolecular Hbond substituents is 1. The lowest BCUT2D eigenvalue weighted by molar-refractivity contribution is 0.0739. The molecule has 0 saturated carbocycles. The molecule has 1 aromatic carbocycles. The molecule has 0 fully saturated rings. The van der Waals surface area contributed by atoms with Crippen LogP contribution < -0.4 is 0 Å². The van der Waals surface area contributed by atoms with Gasteiger partial charge < -0.3 is 10.0 Å². The van der Waals surface area contributed by atoms with Crippen LogP contribution in [0.4, 0.5) is 0 Å². The van der Waals surface area contributed by atoms with Crippen LogP contribution in [-0.2, 0) is 25.8 Å². The summed E-state index contributed by atoms with van der Waals surface area (Å²) < 4.78 is 0. The number of amides is 1. The molecule has 126 valence electrons. The van der Waals surface area contributed by atoms with Crippen molar-refractivity contribution in [2.24, 2.45) is 0 Å². The maximum Gasteiger partial charge on any atom is 0.264 e. The summed E-state index contributed by atoms with van der Waals surface area (Å²) in [5, 5.41) is 9.69. The number of fused-ring (bicyclic) bond motifs is 2. The molecule has 1 aliphatic heterocycles. The second kappa shape index (κ2) is 6.60. The Morgan fingerprint density at radius 3 is 2.67 bits per heavy atom. The van der Waals surface area contributed by atoms with Crippen LogP contribution in [0.3, 0.4) is 0 Å². The fraction of sp³-hybridized carbons (Fsp3) is 0.450. The van der Waals surface area contributed by atoms with Crippen molar-refractivity contribution in [3.63, 3.8) is 0 Å². The van der Waals surface area contributed by atoms with Gasteiger partial charge in [-0.25, -0.2) is 0 Å². The van der Waals surface area contributed by atoms with Gasteiger partial charge in [-0.15, -0.1) is 11.3 Å². The summed E-state index contributed by atoms with van der Waals surface area (Å²) in [7, 11) is 0. The molecular formula is C20H23NO2S. The van der Waals surface area contributed by atoms with E-state index in [2.05, 4.69) is 6.07 Å². The van der Waals surface area contributed by atoms with Crippen molar-refractivity contribution in [1.29, 1.82) is 0 Å². The first kappa shape index (κ1) is 15.7. The van der Waals surface area contributed by atoms with Crippen LogP contribution in [0.2, 0.25) is 0 Å². The number of aromatic hydroxyl groups is 1. The van der Waals surface area contributed by atoms with Gasteiger partial charge in [0.05, 0.1) is 4.88 Å². The number of benzene rings is 1. The van der Waals surface area contributed by atoms with E-state index in [-0.39, 0.29) is 11.7 Å². The van der Waals surface area contributed by atoms with Gasteiger partial charge in [0.1, 0.15) is 5.75 Å². The lowest BCUT2D eigenvalue weighted by atomic mass is 9.98. The highest BCUT2D eigenvalue weighted by molar-refractivity contribution is 7.14. The Bertz CT molecular complexity index is 739. The van der Waals surface area contributed by atoms with E-state index in [1.807, 2.05) is 11.0 Å². The molecule has 4 heteroatoms. The van der Waals surface area contributed by atoms with Gasteiger partial charge in [-0.2, -0.15) is 0 Å². The normalized spacial score (nSPS) is 17.6. The maximum absolute atomic E-state index is 13.0. The van der Waals surface area contributed by atoms with Crippen LogP contribution >= 0.6 is 11.3 Å². The third kappa shape index (κ3) is 3.07. The molecule has 0 bridgehead atoms. The molecule has 4 rings (SSSR count). The number of phenols is 1. The zero-order valence-corrected chi connectivity index (χ0v) is 14.7. The van der Waals surface area contributed by atoms with Crippen LogP contribution in [0, 0.1) is 0 Å². The molecule has 0 atom stereocenters. The Kier molecular flexibility index (Phi) is 4.31. The molecule has 3 nitrogen and oxygen atoms in total. The fourth-order valence-electron chi connectivity index (χ4n) is 3.82. The molecule has 2 aliphatic rings. The molecule has 0 radical (unpaired) electrons. The smallest absolute Gasteiger partial charge is 0.264 e. The minimum absolute atomic E-state index is 0.153. The van der Waals surface area contributed by atoms with Crippen LogP contribution in [0.15, 0.2) is 24.3 Å². The SMILES string of the molecule is O=C(c1cc2c(s1)CCCCCC2)N1CCc2ccc(O)cc2C1. The average molecular weight is 341 g/mol. The van der Waals surface area contributed by atoms with Crippen LogP contribution in [0.25, 0.3) is 0 Å². The van der Waals surface area contributed by atoms with Gasteiger partial charge in [-0.3, -0.25) is 4.79 Å². The quantitative estimate of drug-likeness (QED) is 0.839. The monoisotopic (exact) mass is 341 g/mol. The number of hydrogen-bond acceptors (Lipinski definition) is 3. The molecule has 0 saturated heterocycles. The second-order valence-corrected chi connectivity index (χ2v) is 8.04. The molecule has 2 aromatic rings. The molecule has 24 heavy (non-hydrogen) atoms. The highest BCUT2D eigenvalue weighted by Crippen LogP contribution is 2.31. The van der Waals surface area contributed by atoms with E-state index < -0.39 is 0 Å². The minimum Gasteiger partial charge on any atom is -0.508 e. The summed E-state index contributed by atoms with van der Waals surface area (Å²) in [5.41, 5.74) is 3.72. The predicted molar refractivity (Wildman–Crippen MR) is 96.7 cm³/mol. The molecular weight excluding hydrogens is 318 g/mol. The van der Waals surface area contributed by atoms with Crippen LogP contribution in [-0.4, -0.2) is 22.5 Å². The van der Waals surface area contributed by atoms with Gasteiger partial charge in [0.2, 0.25) is 0 Å². The first-order valence-corrected chi connectivity index (χ1v) is 9.74. The first-order valence-electron chi connectivity index (χ1n) is 8.92. The summed E-state index contributed by atoms with van der Waals surface area (Å²) in [6, 6.07) is 7.65. The van der Waals surface area contributed by atoms with Gasteiger partial charge in [-0.1, -0.05) is 18.9 Å². The molecule has 1 N–H and O–H groups in total. The van der Waals surface area contributed by atoms with Gasteiger partial charge in [-0.05, 0) is 67.0 Å². The van der Waals surface area contributed by atoms with Gasteiger partial charge in [0.15, 0.2) is 0 Å². The summed E-state index contributed by atoms with van der Waals surface area (Å²) in [6.45, 7) is 1.37. The van der Waals surface area contributed by atoms with E-state index in [4.69, 9.17) is 0 Å². The van der Waals surface area contributed by atoms with Crippen molar-refractivity contribution in [2.75, 3.05) is 6.54 Å². The van der Waals surface area contributed by atoms with E-state index in [0.29, 0.717) is 6.54 Å². The van der Waals surface area contributed by atoms with Gasteiger partial charge in [0, 0.05) is 18.0 Å². The van der Waals surface area contributed by atoms with Crippen LogP contribution in [0.5, 0.6) is 5.75 Å². The molecule has 2 heterocycles. The first-order chi connectivity index (χ1) is 11.7. The molecule has 0 spiro atoms. The van der Waals surface area contributed by atoms with Gasteiger partial charge >= 0.3 is 0 Å². The van der Waals surface area contributed by atoms with E-state index in [9.17, 15) is 9.90 Å². The number of rotatable bonds is 1. The zero-order valence-electron chi connectivity index (χ0n) is 13.9. The van der Waals surface area contributed by atoms with Crippen molar-refractivity contribution >= 4 is 17.2 Å². The van der Waals surface area contributed by atoms with Gasteiger partial charge in [0.25, 0.3) is 5.91 Å². The second-order valence-electron chi connectivity index (χ2n) is 6.90. The number of carbonyl (C=O) groups excluding carboxylic acids is 1. The number of thiophene rings is 1. The Balaban J connectivity index is 1.55. The lowest BCUT2D eigenvalue weighted by Gasteiger charge is -2.28. The number of carbonyl (C=O) groups is 1. The highest BCUT2D eigenvalue weighted by atomic mass is 32.1. The van der Waals surface area contributed by atoms with Crippen LogP contribution in [0.1, 0.15) is 56.9 Å². The Labute approximate surface area is 146 Å². The maximum atomic E-state index is 13.0. The zero-order chi connectivity index (χ0) is 16.5. The third-order valence-corrected chi connectivity index (χ3v) is 6.42. The molecule has 1 aliphatic carbocycles. The Morgan fingerprint density at radius 2 is 1.79 bits per heavy atom. The van der Waals surface area contributed by atoms with Crippen molar-refractivity contribution in [3.05, 3.63) is 50.7 Å². The van der Waals surface area contributed by atoms with E-state index >= 15 is 0 Å². The average Bonchev–Trinajstić information content (AvgIpc) is 2.95. The largest absolute Gasteiger partial charge is 0.508 e.